The number of hydrogen-bond donors (Lipinski definition) is 0. The van der Waals surface area contributed by atoms with Crippen molar-refractivity contribution in [3.05, 3.63) is 36.5 Å². The van der Waals surface area contributed by atoms with E-state index in [1.165, 1.54) is 308 Å². The molecule has 0 amide bonds. The summed E-state index contributed by atoms with van der Waals surface area (Å²) in [5, 5.41) is 0. The molecule has 6 nitrogen and oxygen atoms in total. The Bertz CT molecular complexity index is 1380. The molecule has 0 N–H and O–H groups in total. The van der Waals surface area contributed by atoms with Crippen molar-refractivity contribution < 1.29 is 28.6 Å². The lowest BCUT2D eigenvalue weighted by atomic mass is 10.0. The highest BCUT2D eigenvalue weighted by atomic mass is 16.6. The molecule has 0 fully saturated rings. The number of ether oxygens (including phenoxy) is 3. The molecule has 0 aliphatic heterocycles. The molecular weight excluding hydrogens is 1020 g/mol. The third kappa shape index (κ3) is 70.3. The lowest BCUT2D eigenvalue weighted by Crippen LogP contribution is -2.30. The van der Waals surface area contributed by atoms with Crippen molar-refractivity contribution >= 4 is 17.9 Å². The van der Waals surface area contributed by atoms with Crippen LogP contribution in [0.25, 0.3) is 0 Å². The van der Waals surface area contributed by atoms with Gasteiger partial charge in [-0.3, -0.25) is 14.4 Å². The SMILES string of the molecule is CCCCC/C=C\C/C=C\CCCCCCCCCC(=O)OCC(COC(=O)CCCCCCCCCCCCCCCCCCCCCCCCCCCCCCCC)OC(=O)CCCCCCCCC/C=C\CCCCCCCCC. The molecule has 1 unspecified atom stereocenters. The van der Waals surface area contributed by atoms with Gasteiger partial charge in [0.15, 0.2) is 6.10 Å². The minimum Gasteiger partial charge on any atom is -0.462 e. The van der Waals surface area contributed by atoms with Gasteiger partial charge in [-0.2, -0.15) is 0 Å². The maximum Gasteiger partial charge on any atom is 0.306 e. The first-order valence-corrected chi connectivity index (χ1v) is 37.5. The van der Waals surface area contributed by atoms with E-state index in [4.69, 9.17) is 14.2 Å². The van der Waals surface area contributed by atoms with Crippen molar-refractivity contribution in [3.8, 4) is 0 Å². The van der Waals surface area contributed by atoms with E-state index in [0.717, 1.165) is 70.6 Å². The predicted molar refractivity (Wildman–Crippen MR) is 362 cm³/mol. The highest BCUT2D eigenvalue weighted by Crippen LogP contribution is 2.19. The normalized spacial score (nSPS) is 12.2. The average molecular weight is 1170 g/mol. The summed E-state index contributed by atoms with van der Waals surface area (Å²) in [6.45, 7) is 6.68. The smallest absolute Gasteiger partial charge is 0.306 e. The van der Waals surface area contributed by atoms with Crippen LogP contribution in [0.5, 0.6) is 0 Å². The zero-order valence-electron chi connectivity index (χ0n) is 56.2. The molecule has 488 valence electrons. The monoisotopic (exact) mass is 1170 g/mol. The van der Waals surface area contributed by atoms with Gasteiger partial charge in [-0.05, 0) is 77.0 Å². The molecule has 0 aromatic heterocycles. The molecule has 0 saturated carbocycles. The molecule has 0 aromatic carbocycles. The van der Waals surface area contributed by atoms with Gasteiger partial charge >= 0.3 is 17.9 Å². The summed E-state index contributed by atoms with van der Waals surface area (Å²) in [5.74, 6) is -0.854. The Balaban J connectivity index is 4.21. The van der Waals surface area contributed by atoms with Crippen LogP contribution in [0.15, 0.2) is 36.5 Å². The third-order valence-corrected chi connectivity index (χ3v) is 17.1. The molecule has 0 aromatic rings. The fourth-order valence-electron chi connectivity index (χ4n) is 11.5. The van der Waals surface area contributed by atoms with Gasteiger partial charge in [0.2, 0.25) is 0 Å². The number of rotatable bonds is 70. The van der Waals surface area contributed by atoms with E-state index in [1.54, 1.807) is 0 Å². The fourth-order valence-corrected chi connectivity index (χ4v) is 11.5. The topological polar surface area (TPSA) is 78.9 Å². The second-order valence-corrected chi connectivity index (χ2v) is 25.6. The molecule has 83 heavy (non-hydrogen) atoms. The van der Waals surface area contributed by atoms with Gasteiger partial charge in [-0.1, -0.05) is 359 Å². The molecule has 0 spiro atoms. The number of unbranched alkanes of at least 4 members (excludes halogenated alkanes) is 53. The lowest BCUT2D eigenvalue weighted by Gasteiger charge is -2.18. The third-order valence-electron chi connectivity index (χ3n) is 17.1. The van der Waals surface area contributed by atoms with Crippen LogP contribution >= 0.6 is 0 Å². The maximum atomic E-state index is 13.0. The van der Waals surface area contributed by atoms with Crippen LogP contribution in [0.3, 0.4) is 0 Å². The van der Waals surface area contributed by atoms with Crippen molar-refractivity contribution in [2.24, 2.45) is 0 Å². The van der Waals surface area contributed by atoms with E-state index in [0.29, 0.717) is 19.3 Å². The summed E-state index contributed by atoms with van der Waals surface area (Å²) in [4.78, 5) is 38.5. The zero-order valence-corrected chi connectivity index (χ0v) is 56.2. The van der Waals surface area contributed by atoms with E-state index in [1.807, 2.05) is 0 Å². The first-order valence-electron chi connectivity index (χ1n) is 37.5. The number of allylic oxidation sites excluding steroid dienone is 6. The fraction of sp³-hybridized carbons (Fsp3) is 0.883. The Kier molecular flexibility index (Phi) is 70.0. The highest BCUT2D eigenvalue weighted by molar-refractivity contribution is 5.71. The van der Waals surface area contributed by atoms with Crippen LogP contribution < -0.4 is 0 Å². The predicted octanol–water partition coefficient (Wildman–Crippen LogP) is 25.9. The molecule has 0 bridgehead atoms. The van der Waals surface area contributed by atoms with E-state index in [9.17, 15) is 14.4 Å². The van der Waals surface area contributed by atoms with Gasteiger partial charge in [-0.15, -0.1) is 0 Å². The van der Waals surface area contributed by atoms with E-state index in [2.05, 4.69) is 57.2 Å². The Hall–Kier alpha value is -2.37. The van der Waals surface area contributed by atoms with Crippen molar-refractivity contribution in [3.63, 3.8) is 0 Å². The molecule has 0 aliphatic carbocycles. The zero-order chi connectivity index (χ0) is 59.9. The van der Waals surface area contributed by atoms with E-state index in [-0.39, 0.29) is 31.1 Å². The Morgan fingerprint density at radius 2 is 0.434 bits per heavy atom. The molecule has 6 heteroatoms. The summed E-state index contributed by atoms with van der Waals surface area (Å²) in [6.07, 6.45) is 90.5. The van der Waals surface area contributed by atoms with Crippen molar-refractivity contribution in [1.29, 1.82) is 0 Å². The number of esters is 3. The summed E-state index contributed by atoms with van der Waals surface area (Å²) in [5.41, 5.74) is 0. The number of carbonyl (C=O) groups excluding carboxylic acids is 3. The molecular formula is C77H144O6. The molecule has 0 saturated heterocycles. The molecule has 0 radical (unpaired) electrons. The minimum absolute atomic E-state index is 0.0717. The van der Waals surface area contributed by atoms with Crippen LogP contribution in [0.1, 0.15) is 419 Å². The van der Waals surface area contributed by atoms with Crippen molar-refractivity contribution in [1.82, 2.24) is 0 Å². The van der Waals surface area contributed by atoms with E-state index < -0.39 is 6.10 Å². The summed E-state index contributed by atoms with van der Waals surface area (Å²) in [6, 6.07) is 0. The van der Waals surface area contributed by atoms with Crippen LogP contribution in [0.4, 0.5) is 0 Å². The van der Waals surface area contributed by atoms with Gasteiger partial charge in [0.05, 0.1) is 0 Å². The number of hydrogen-bond acceptors (Lipinski definition) is 6. The van der Waals surface area contributed by atoms with Crippen LogP contribution in [-0.2, 0) is 28.6 Å². The van der Waals surface area contributed by atoms with Gasteiger partial charge in [-0.25, -0.2) is 0 Å². The minimum atomic E-state index is -0.778. The largest absolute Gasteiger partial charge is 0.462 e. The maximum absolute atomic E-state index is 13.0. The highest BCUT2D eigenvalue weighted by Gasteiger charge is 2.20. The average Bonchev–Trinajstić information content (AvgIpc) is 3.49. The molecule has 1 atom stereocenters. The van der Waals surface area contributed by atoms with Gasteiger partial charge < -0.3 is 14.2 Å². The lowest BCUT2D eigenvalue weighted by molar-refractivity contribution is -0.167. The Labute approximate surface area is 518 Å². The standard InChI is InChI=1S/C77H144O6/c1-4-7-10-13-16-19-22-25-28-31-33-34-35-36-37-38-39-40-41-42-43-44-47-49-52-55-58-61-64-67-70-76(79)82-73-74(72-81-75(78)69-66-63-60-57-54-51-48-45-30-27-24-21-18-15-12-9-6-3)83-77(80)71-68-65-62-59-56-53-50-46-32-29-26-23-20-17-14-11-8-5-2/h18,21,27,29-30,32,74H,4-17,19-20,22-26,28,31,33-73H2,1-3H3/b21-18-,30-27-,32-29-. The van der Waals surface area contributed by atoms with Crippen LogP contribution in [0.2, 0.25) is 0 Å². The van der Waals surface area contributed by atoms with Crippen molar-refractivity contribution in [2.45, 2.75) is 425 Å². The quantitative estimate of drug-likeness (QED) is 0.0261. The summed E-state index contributed by atoms with van der Waals surface area (Å²) >= 11 is 0. The molecule has 0 aliphatic rings. The molecule has 0 rings (SSSR count). The molecule has 0 heterocycles. The van der Waals surface area contributed by atoms with Crippen LogP contribution in [0, 0.1) is 0 Å². The first kappa shape index (κ1) is 80.6. The Morgan fingerprint density at radius 3 is 0.699 bits per heavy atom. The van der Waals surface area contributed by atoms with Crippen LogP contribution in [-0.4, -0.2) is 37.2 Å². The first-order chi connectivity index (χ1) is 41.0. The second-order valence-electron chi connectivity index (χ2n) is 25.6. The van der Waals surface area contributed by atoms with Gasteiger partial charge in [0.25, 0.3) is 0 Å². The second kappa shape index (κ2) is 72.1. The van der Waals surface area contributed by atoms with E-state index >= 15 is 0 Å². The number of carbonyl (C=O) groups is 3. The Morgan fingerprint density at radius 1 is 0.241 bits per heavy atom. The van der Waals surface area contributed by atoms with Gasteiger partial charge in [0.1, 0.15) is 13.2 Å². The van der Waals surface area contributed by atoms with Crippen molar-refractivity contribution in [2.75, 3.05) is 13.2 Å². The summed E-state index contributed by atoms with van der Waals surface area (Å²) in [7, 11) is 0. The summed E-state index contributed by atoms with van der Waals surface area (Å²) < 4.78 is 17.0. The van der Waals surface area contributed by atoms with Gasteiger partial charge in [0, 0.05) is 19.3 Å².